The van der Waals surface area contributed by atoms with E-state index in [9.17, 15) is 19.5 Å². The van der Waals surface area contributed by atoms with Crippen LogP contribution in [0.5, 0.6) is 0 Å². The molecule has 0 saturated carbocycles. The second-order valence-electron chi connectivity index (χ2n) is 5.63. The molecule has 1 aromatic carbocycles. The van der Waals surface area contributed by atoms with Crippen molar-refractivity contribution < 1.29 is 19.5 Å². The normalized spacial score (nSPS) is 15.3. The Morgan fingerprint density at radius 2 is 1.64 bits per heavy atom. The van der Waals surface area contributed by atoms with Crippen molar-refractivity contribution in [2.75, 3.05) is 6.54 Å². The first kappa shape index (κ1) is 20.0. The lowest BCUT2D eigenvalue weighted by Gasteiger charge is -2.19. The first-order valence-corrected chi connectivity index (χ1v) is 8.84. The number of amides is 3. The average Bonchev–Trinajstić information content (AvgIpc) is 2.78. The van der Waals surface area contributed by atoms with Crippen LogP contribution in [-0.4, -0.2) is 44.3 Å². The Balaban J connectivity index is 1.70. The number of hydrogen-bond acceptors (Lipinski definition) is 4. The van der Waals surface area contributed by atoms with Crippen LogP contribution in [0.1, 0.15) is 46.4 Å². The standard InChI is InChI=1S/C16H17Cl3N2O4/c17-16(18,19)15(25)20-12(22)8-2-1-5-9-21-13(23)10-6-3-4-7-11(10)14(21)24/h3-4,6-7,15,25H,1-2,5,8-9H2,(H,20,22). The van der Waals surface area contributed by atoms with Crippen molar-refractivity contribution in [2.45, 2.75) is 35.7 Å². The third-order valence-corrected chi connectivity index (χ3v) is 4.39. The van der Waals surface area contributed by atoms with Gasteiger partial charge in [-0.25, -0.2) is 0 Å². The van der Waals surface area contributed by atoms with Crippen LogP contribution in [0.3, 0.4) is 0 Å². The monoisotopic (exact) mass is 406 g/mol. The first-order chi connectivity index (χ1) is 11.7. The molecule has 9 heteroatoms. The summed E-state index contributed by atoms with van der Waals surface area (Å²) in [6.45, 7) is 0.296. The topological polar surface area (TPSA) is 86.7 Å². The van der Waals surface area contributed by atoms with Gasteiger partial charge in [0.25, 0.3) is 11.8 Å². The third kappa shape index (κ3) is 5.07. The fourth-order valence-electron chi connectivity index (χ4n) is 2.48. The largest absolute Gasteiger partial charge is 0.369 e. The van der Waals surface area contributed by atoms with E-state index >= 15 is 0 Å². The highest BCUT2D eigenvalue weighted by Gasteiger charge is 2.34. The number of aliphatic hydroxyl groups excluding tert-OH is 1. The second-order valence-corrected chi connectivity index (χ2v) is 8.00. The first-order valence-electron chi connectivity index (χ1n) is 7.71. The Hall–Kier alpha value is -1.34. The van der Waals surface area contributed by atoms with Crippen LogP contribution in [0.2, 0.25) is 0 Å². The van der Waals surface area contributed by atoms with Gasteiger partial charge in [-0.05, 0) is 25.0 Å². The molecule has 1 atom stereocenters. The molecule has 6 nitrogen and oxygen atoms in total. The molecule has 1 aliphatic heterocycles. The van der Waals surface area contributed by atoms with Crippen LogP contribution < -0.4 is 5.32 Å². The van der Waals surface area contributed by atoms with E-state index in [1.54, 1.807) is 24.3 Å². The number of carbonyl (C=O) groups is 3. The average molecular weight is 408 g/mol. The number of aliphatic hydroxyl groups is 1. The molecule has 0 aromatic heterocycles. The van der Waals surface area contributed by atoms with Gasteiger partial charge in [-0.2, -0.15) is 0 Å². The zero-order chi connectivity index (χ0) is 18.6. The highest BCUT2D eigenvalue weighted by Crippen LogP contribution is 2.29. The fraction of sp³-hybridized carbons (Fsp3) is 0.438. The molecule has 0 bridgehead atoms. The lowest BCUT2D eigenvalue weighted by Crippen LogP contribution is -2.43. The number of nitrogens with one attached hydrogen (secondary N) is 1. The van der Waals surface area contributed by atoms with Gasteiger partial charge < -0.3 is 10.4 Å². The third-order valence-electron chi connectivity index (χ3n) is 3.77. The number of nitrogens with zero attached hydrogens (tertiary/aromatic N) is 1. The molecule has 136 valence electrons. The van der Waals surface area contributed by atoms with Gasteiger partial charge in [0, 0.05) is 13.0 Å². The van der Waals surface area contributed by atoms with Crippen molar-refractivity contribution in [1.29, 1.82) is 0 Å². The Kier molecular flexibility index (Phi) is 6.68. The molecule has 0 fully saturated rings. The zero-order valence-corrected chi connectivity index (χ0v) is 15.4. The maximum absolute atomic E-state index is 12.2. The van der Waals surface area contributed by atoms with Crippen LogP contribution in [0.4, 0.5) is 0 Å². The minimum atomic E-state index is -1.98. The summed E-state index contributed by atoms with van der Waals surface area (Å²) >= 11 is 16.3. The van der Waals surface area contributed by atoms with E-state index < -0.39 is 15.9 Å². The van der Waals surface area contributed by atoms with Crippen LogP contribution in [-0.2, 0) is 4.79 Å². The number of alkyl halides is 3. The second kappa shape index (κ2) is 8.36. The lowest BCUT2D eigenvalue weighted by atomic mass is 10.1. The summed E-state index contributed by atoms with van der Waals surface area (Å²) in [5, 5.41) is 11.6. The summed E-state index contributed by atoms with van der Waals surface area (Å²) in [5.74, 6) is -1.02. The number of rotatable bonds is 7. The highest BCUT2D eigenvalue weighted by molar-refractivity contribution is 6.68. The molecule has 2 N–H and O–H groups in total. The van der Waals surface area contributed by atoms with Crippen LogP contribution in [0.25, 0.3) is 0 Å². The number of benzene rings is 1. The van der Waals surface area contributed by atoms with Gasteiger partial charge in [0.1, 0.15) is 0 Å². The van der Waals surface area contributed by atoms with Crippen LogP contribution >= 0.6 is 34.8 Å². The molecule has 1 aromatic rings. The van der Waals surface area contributed by atoms with E-state index in [0.717, 1.165) is 0 Å². The van der Waals surface area contributed by atoms with Crippen molar-refractivity contribution >= 4 is 52.5 Å². The molecule has 3 amide bonds. The molecular weight excluding hydrogens is 391 g/mol. The van der Waals surface area contributed by atoms with Gasteiger partial charge in [0.15, 0.2) is 6.23 Å². The van der Waals surface area contributed by atoms with E-state index in [2.05, 4.69) is 5.32 Å². The Morgan fingerprint density at radius 3 is 2.16 bits per heavy atom. The summed E-state index contributed by atoms with van der Waals surface area (Å²) in [7, 11) is 0. The minimum Gasteiger partial charge on any atom is -0.369 e. The Labute approximate surface area is 160 Å². The van der Waals surface area contributed by atoms with Gasteiger partial charge >= 0.3 is 0 Å². The smallest absolute Gasteiger partial charge is 0.261 e. The molecule has 2 rings (SSSR count). The minimum absolute atomic E-state index is 0.139. The van der Waals surface area contributed by atoms with E-state index in [-0.39, 0.29) is 18.2 Å². The summed E-state index contributed by atoms with van der Waals surface area (Å²) in [6, 6.07) is 6.71. The van der Waals surface area contributed by atoms with Gasteiger partial charge in [0.2, 0.25) is 9.70 Å². The molecule has 1 heterocycles. The van der Waals surface area contributed by atoms with Gasteiger partial charge in [0.05, 0.1) is 11.1 Å². The predicted octanol–water partition coefficient (Wildman–Crippen LogP) is 2.65. The molecule has 0 radical (unpaired) electrons. The Morgan fingerprint density at radius 1 is 1.08 bits per heavy atom. The maximum Gasteiger partial charge on any atom is 0.261 e. The number of carbonyl (C=O) groups excluding carboxylic acids is 3. The van der Waals surface area contributed by atoms with Crippen LogP contribution in [0.15, 0.2) is 24.3 Å². The number of hydrogen-bond donors (Lipinski definition) is 2. The molecule has 0 spiro atoms. The quantitative estimate of drug-likeness (QED) is 0.315. The number of imide groups is 1. The predicted molar refractivity (Wildman–Crippen MR) is 94.7 cm³/mol. The zero-order valence-electron chi connectivity index (χ0n) is 13.2. The maximum atomic E-state index is 12.2. The van der Waals surface area contributed by atoms with E-state index in [4.69, 9.17) is 34.8 Å². The van der Waals surface area contributed by atoms with Crippen molar-refractivity contribution in [2.24, 2.45) is 0 Å². The van der Waals surface area contributed by atoms with Crippen molar-refractivity contribution in [3.8, 4) is 0 Å². The van der Waals surface area contributed by atoms with E-state index in [1.165, 1.54) is 4.90 Å². The van der Waals surface area contributed by atoms with Crippen LogP contribution in [0, 0.1) is 0 Å². The summed E-state index contributed by atoms with van der Waals surface area (Å²) in [5.41, 5.74) is 0.847. The van der Waals surface area contributed by atoms with E-state index in [1.807, 2.05) is 0 Å². The lowest BCUT2D eigenvalue weighted by molar-refractivity contribution is -0.124. The number of halogens is 3. The van der Waals surface area contributed by atoms with Crippen molar-refractivity contribution in [1.82, 2.24) is 10.2 Å². The molecule has 25 heavy (non-hydrogen) atoms. The van der Waals surface area contributed by atoms with Gasteiger partial charge in [-0.3, -0.25) is 19.3 Å². The molecular formula is C16H17Cl3N2O4. The molecule has 1 aliphatic rings. The SMILES string of the molecule is O=C(CCCCCN1C(=O)c2ccccc2C1=O)NC(O)C(Cl)(Cl)Cl. The van der Waals surface area contributed by atoms with Gasteiger partial charge in [-0.15, -0.1) is 0 Å². The fourth-order valence-corrected chi connectivity index (χ4v) is 2.64. The van der Waals surface area contributed by atoms with Crippen molar-refractivity contribution in [3.63, 3.8) is 0 Å². The summed E-state index contributed by atoms with van der Waals surface area (Å²) in [4.78, 5) is 37.2. The number of fused-ring (bicyclic) bond motifs is 1. The molecule has 0 aliphatic carbocycles. The molecule has 1 unspecified atom stereocenters. The van der Waals surface area contributed by atoms with Crippen molar-refractivity contribution in [3.05, 3.63) is 35.4 Å². The summed E-state index contributed by atoms with van der Waals surface area (Å²) in [6.07, 6.45) is 0.279. The molecule has 0 saturated heterocycles. The Bertz CT molecular complexity index is 641. The summed E-state index contributed by atoms with van der Waals surface area (Å²) < 4.78 is -1.98. The van der Waals surface area contributed by atoms with Gasteiger partial charge in [-0.1, -0.05) is 53.4 Å². The van der Waals surface area contributed by atoms with E-state index in [0.29, 0.717) is 36.9 Å². The number of unbranched alkanes of at least 4 members (excludes halogenated alkanes) is 2. The highest BCUT2D eigenvalue weighted by atomic mass is 35.6.